The van der Waals surface area contributed by atoms with Gasteiger partial charge in [0.25, 0.3) is 11.8 Å². The summed E-state index contributed by atoms with van der Waals surface area (Å²) in [6.45, 7) is 9.85. The molecule has 244 valence electrons. The van der Waals surface area contributed by atoms with E-state index < -0.39 is 58.8 Å². The molecule has 3 amide bonds. The van der Waals surface area contributed by atoms with Crippen LogP contribution in [0, 0.1) is 5.41 Å². The van der Waals surface area contributed by atoms with Gasteiger partial charge in [0.1, 0.15) is 0 Å². The van der Waals surface area contributed by atoms with Crippen molar-refractivity contribution in [3.63, 3.8) is 0 Å². The molecule has 0 spiro atoms. The van der Waals surface area contributed by atoms with Gasteiger partial charge < -0.3 is 36.4 Å². The maximum Gasteiger partial charge on any atom is 0.408 e. The number of carbonyl (C=O) groups excluding carboxylic acids is 2. The SMILES string of the molecule is CNC(=O)C(O)(C(=O)N[C@@H](Cc1ccccc1)[C@H](O)CNC[C@@H](O)[C@H](Cc1ccccc1)N(C(=O)O)C(C)(C)C)C(C)(C)C. The average molecular weight is 615 g/mol. The molecule has 0 radical (unpaired) electrons. The van der Waals surface area contributed by atoms with E-state index in [1.54, 1.807) is 41.5 Å². The van der Waals surface area contributed by atoms with E-state index in [4.69, 9.17) is 0 Å². The predicted molar refractivity (Wildman–Crippen MR) is 169 cm³/mol. The third-order valence-electron chi connectivity index (χ3n) is 7.75. The molecule has 1 unspecified atom stereocenters. The Hall–Kier alpha value is -3.51. The lowest BCUT2D eigenvalue weighted by Gasteiger charge is -2.42. The molecule has 0 fully saturated rings. The highest BCUT2D eigenvalue weighted by molar-refractivity contribution is 6.09. The maximum absolute atomic E-state index is 13.4. The standard InChI is InChI=1S/C33H50N4O7/c1-31(2,3)33(44,28(40)34-7)29(41)36-24(18-22-14-10-8-11-15-22)26(38)20-35-21-27(39)25(19-23-16-12-9-13-17-23)37(30(42)43)32(4,5)6/h8-17,24-27,35,38-39,44H,18-21H2,1-7H3,(H,34,40)(H,36,41)(H,42,43)/t24-,25-,26+,27+,33?/m0/s1. The Morgan fingerprint density at radius 3 is 1.68 bits per heavy atom. The van der Waals surface area contributed by atoms with Crippen molar-refractivity contribution in [3.05, 3.63) is 71.8 Å². The fourth-order valence-corrected chi connectivity index (χ4v) is 5.23. The van der Waals surface area contributed by atoms with Crippen molar-refractivity contribution < 1.29 is 34.8 Å². The molecule has 2 rings (SSSR count). The Labute approximate surface area is 260 Å². The molecule has 2 aromatic carbocycles. The second-order valence-electron chi connectivity index (χ2n) is 13.2. The molecule has 11 nitrogen and oxygen atoms in total. The van der Waals surface area contributed by atoms with Crippen LogP contribution in [0.15, 0.2) is 60.7 Å². The van der Waals surface area contributed by atoms with Crippen LogP contribution < -0.4 is 16.0 Å². The molecule has 11 heteroatoms. The lowest BCUT2D eigenvalue weighted by Crippen LogP contribution is -2.66. The van der Waals surface area contributed by atoms with Crippen molar-refractivity contribution in [1.29, 1.82) is 0 Å². The molecule has 2 aromatic rings. The quantitative estimate of drug-likeness (QED) is 0.158. The van der Waals surface area contributed by atoms with Crippen molar-refractivity contribution >= 4 is 17.9 Å². The number of hydrogen-bond donors (Lipinski definition) is 7. The van der Waals surface area contributed by atoms with Gasteiger partial charge in [-0.3, -0.25) is 14.5 Å². The second kappa shape index (κ2) is 15.5. The second-order valence-corrected chi connectivity index (χ2v) is 13.2. The predicted octanol–water partition coefficient (Wildman–Crippen LogP) is 1.94. The number of likely N-dealkylation sites (N-methyl/N-ethyl adjacent to an activating group) is 1. The van der Waals surface area contributed by atoms with Crippen LogP contribution in [0.3, 0.4) is 0 Å². The van der Waals surface area contributed by atoms with Gasteiger partial charge in [-0.1, -0.05) is 81.4 Å². The van der Waals surface area contributed by atoms with Gasteiger partial charge in [0.05, 0.1) is 24.3 Å². The van der Waals surface area contributed by atoms with E-state index >= 15 is 0 Å². The summed E-state index contributed by atoms with van der Waals surface area (Å²) in [5, 5.41) is 51.9. The molecule has 0 aliphatic carbocycles. The van der Waals surface area contributed by atoms with Crippen LogP contribution in [-0.4, -0.2) is 98.8 Å². The van der Waals surface area contributed by atoms with E-state index in [-0.39, 0.29) is 25.9 Å². The van der Waals surface area contributed by atoms with E-state index in [9.17, 15) is 34.8 Å². The van der Waals surface area contributed by atoms with Gasteiger partial charge in [0, 0.05) is 31.1 Å². The average Bonchev–Trinajstić information content (AvgIpc) is 2.94. The number of benzene rings is 2. The Morgan fingerprint density at radius 1 is 0.773 bits per heavy atom. The largest absolute Gasteiger partial charge is 0.465 e. The first kappa shape index (κ1) is 36.7. The molecule has 0 saturated carbocycles. The summed E-state index contributed by atoms with van der Waals surface area (Å²) in [7, 11) is 1.33. The zero-order valence-corrected chi connectivity index (χ0v) is 26.9. The fourth-order valence-electron chi connectivity index (χ4n) is 5.23. The van der Waals surface area contributed by atoms with Crippen molar-refractivity contribution in [2.45, 2.75) is 89.8 Å². The van der Waals surface area contributed by atoms with Gasteiger partial charge in [-0.15, -0.1) is 0 Å². The minimum atomic E-state index is -2.42. The number of rotatable bonds is 14. The Bertz CT molecular complexity index is 1210. The van der Waals surface area contributed by atoms with Crippen molar-refractivity contribution in [2.24, 2.45) is 5.41 Å². The molecule has 0 bridgehead atoms. The summed E-state index contributed by atoms with van der Waals surface area (Å²) < 4.78 is 0. The number of aliphatic hydroxyl groups excluding tert-OH is 2. The van der Waals surface area contributed by atoms with Crippen LogP contribution in [0.25, 0.3) is 0 Å². The summed E-state index contributed by atoms with van der Waals surface area (Å²) in [4.78, 5) is 39.7. The molecule has 0 saturated heterocycles. The number of amides is 3. The summed E-state index contributed by atoms with van der Waals surface area (Å²) in [6.07, 6.45) is -3.04. The van der Waals surface area contributed by atoms with Gasteiger partial charge in [0.2, 0.25) is 5.60 Å². The summed E-state index contributed by atoms with van der Waals surface area (Å²) in [5.41, 5.74) is -2.72. The number of hydrogen-bond acceptors (Lipinski definition) is 7. The van der Waals surface area contributed by atoms with Crippen LogP contribution in [-0.2, 0) is 22.4 Å². The maximum atomic E-state index is 13.4. The third kappa shape index (κ3) is 9.49. The molecule has 0 heterocycles. The molecule has 0 aliphatic rings. The minimum Gasteiger partial charge on any atom is -0.465 e. The Balaban J connectivity index is 2.26. The summed E-state index contributed by atoms with van der Waals surface area (Å²) in [5.74, 6) is -1.82. The van der Waals surface area contributed by atoms with E-state index in [1.165, 1.54) is 11.9 Å². The number of aliphatic hydroxyl groups is 3. The first-order valence-corrected chi connectivity index (χ1v) is 14.9. The lowest BCUT2D eigenvalue weighted by atomic mass is 9.74. The monoisotopic (exact) mass is 614 g/mol. The third-order valence-corrected chi connectivity index (χ3v) is 7.75. The zero-order chi connectivity index (χ0) is 33.3. The van der Waals surface area contributed by atoms with Crippen LogP contribution >= 0.6 is 0 Å². The normalized spacial score (nSPS) is 16.1. The molecule has 0 aliphatic heterocycles. The van der Waals surface area contributed by atoms with Crippen LogP contribution in [0.4, 0.5) is 4.79 Å². The highest BCUT2D eigenvalue weighted by Crippen LogP contribution is 2.31. The Kier molecular flexibility index (Phi) is 12.9. The topological polar surface area (TPSA) is 171 Å². The number of carbonyl (C=O) groups is 3. The summed E-state index contributed by atoms with van der Waals surface area (Å²) in [6, 6.07) is 16.7. The van der Waals surface area contributed by atoms with Gasteiger partial charge in [0.15, 0.2) is 0 Å². The van der Waals surface area contributed by atoms with Crippen molar-refractivity contribution in [2.75, 3.05) is 20.1 Å². The zero-order valence-electron chi connectivity index (χ0n) is 26.9. The van der Waals surface area contributed by atoms with Gasteiger partial charge in [-0.05, 0) is 44.7 Å². The first-order valence-electron chi connectivity index (χ1n) is 14.9. The van der Waals surface area contributed by atoms with E-state index in [2.05, 4.69) is 16.0 Å². The molecule has 5 atom stereocenters. The van der Waals surface area contributed by atoms with E-state index in [0.717, 1.165) is 11.1 Å². The molecule has 0 aromatic heterocycles. The number of nitrogens with zero attached hydrogens (tertiary/aromatic N) is 1. The minimum absolute atomic E-state index is 0.0510. The highest BCUT2D eigenvalue weighted by atomic mass is 16.4. The van der Waals surface area contributed by atoms with E-state index in [0.29, 0.717) is 0 Å². The lowest BCUT2D eigenvalue weighted by molar-refractivity contribution is -0.166. The van der Waals surface area contributed by atoms with Crippen molar-refractivity contribution in [3.8, 4) is 0 Å². The van der Waals surface area contributed by atoms with Crippen molar-refractivity contribution in [1.82, 2.24) is 20.9 Å². The van der Waals surface area contributed by atoms with Gasteiger partial charge >= 0.3 is 6.09 Å². The van der Waals surface area contributed by atoms with Gasteiger partial charge in [-0.25, -0.2) is 4.79 Å². The smallest absolute Gasteiger partial charge is 0.408 e. The highest BCUT2D eigenvalue weighted by Gasteiger charge is 2.53. The van der Waals surface area contributed by atoms with Gasteiger partial charge in [-0.2, -0.15) is 0 Å². The van der Waals surface area contributed by atoms with Crippen LogP contribution in [0.1, 0.15) is 52.7 Å². The first-order chi connectivity index (χ1) is 20.4. The summed E-state index contributed by atoms with van der Waals surface area (Å²) >= 11 is 0. The van der Waals surface area contributed by atoms with Crippen LogP contribution in [0.2, 0.25) is 0 Å². The molecular formula is C33H50N4O7. The number of carboxylic acid groups (broad SMARTS) is 1. The van der Waals surface area contributed by atoms with E-state index in [1.807, 2.05) is 60.7 Å². The number of nitrogens with one attached hydrogen (secondary N) is 3. The molecule has 7 N–H and O–H groups in total. The Morgan fingerprint density at radius 2 is 1.25 bits per heavy atom. The van der Waals surface area contributed by atoms with Crippen LogP contribution in [0.5, 0.6) is 0 Å². The molecular weight excluding hydrogens is 564 g/mol. The molecule has 44 heavy (non-hydrogen) atoms. The fraction of sp³-hybridized carbons (Fsp3) is 0.545.